The van der Waals surface area contributed by atoms with Gasteiger partial charge in [-0.05, 0) is 59.3 Å². The second-order valence-electron chi connectivity index (χ2n) is 6.56. The van der Waals surface area contributed by atoms with Crippen molar-refractivity contribution in [3.05, 3.63) is 0 Å². The molecule has 0 radical (unpaired) electrons. The zero-order valence-electron chi connectivity index (χ0n) is 13.0. The molecule has 1 N–H and O–H groups in total. The number of nitrogens with zero attached hydrogens (tertiary/aromatic N) is 2. The van der Waals surface area contributed by atoms with E-state index in [0.29, 0.717) is 6.54 Å². The first kappa shape index (κ1) is 16.4. The van der Waals surface area contributed by atoms with Crippen LogP contribution in [0.3, 0.4) is 0 Å². The summed E-state index contributed by atoms with van der Waals surface area (Å²) < 4.78 is 0. The van der Waals surface area contributed by atoms with Crippen LogP contribution in [0.1, 0.15) is 39.5 Å². The zero-order valence-corrected chi connectivity index (χ0v) is 13.0. The first-order chi connectivity index (χ1) is 8.87. The van der Waals surface area contributed by atoms with Crippen molar-refractivity contribution in [1.82, 2.24) is 9.80 Å². The van der Waals surface area contributed by atoms with E-state index in [4.69, 9.17) is 0 Å². The molecule has 112 valence electrons. The smallest absolute Gasteiger partial charge is 0.310 e. The third kappa shape index (κ3) is 5.11. The Morgan fingerprint density at radius 3 is 2.47 bits per heavy atom. The molecule has 19 heavy (non-hydrogen) atoms. The van der Waals surface area contributed by atoms with Crippen LogP contribution in [0, 0.1) is 11.3 Å². The Bertz CT molecular complexity index is 288. The molecule has 1 fully saturated rings. The lowest BCUT2D eigenvalue weighted by molar-refractivity contribution is -0.149. The lowest BCUT2D eigenvalue weighted by Crippen LogP contribution is -2.42. The van der Waals surface area contributed by atoms with E-state index in [1.165, 1.54) is 25.9 Å². The van der Waals surface area contributed by atoms with Crippen molar-refractivity contribution in [2.75, 3.05) is 40.3 Å². The number of hydrogen-bond donors (Lipinski definition) is 1. The Morgan fingerprint density at radius 2 is 2.00 bits per heavy atom. The second-order valence-corrected chi connectivity index (χ2v) is 6.56. The molecule has 0 aromatic heterocycles. The molecule has 4 nitrogen and oxygen atoms in total. The molecule has 1 unspecified atom stereocenters. The maximum Gasteiger partial charge on any atom is 0.310 e. The van der Waals surface area contributed by atoms with E-state index in [1.54, 1.807) is 0 Å². The zero-order chi connectivity index (χ0) is 14.5. The maximum absolute atomic E-state index is 11.4. The third-order valence-corrected chi connectivity index (χ3v) is 4.34. The summed E-state index contributed by atoms with van der Waals surface area (Å²) in [5.41, 5.74) is -0.602. The van der Waals surface area contributed by atoms with E-state index >= 15 is 0 Å². The van der Waals surface area contributed by atoms with Crippen molar-refractivity contribution in [1.29, 1.82) is 0 Å². The van der Waals surface area contributed by atoms with Crippen molar-refractivity contribution in [2.45, 2.75) is 39.5 Å². The molecule has 1 rings (SSSR count). The highest BCUT2D eigenvalue weighted by atomic mass is 16.4. The Balaban J connectivity index is 2.44. The summed E-state index contributed by atoms with van der Waals surface area (Å²) in [5.74, 6) is 0.0606. The number of carbonyl (C=O) groups is 1. The van der Waals surface area contributed by atoms with Gasteiger partial charge in [0, 0.05) is 13.1 Å². The van der Waals surface area contributed by atoms with Gasteiger partial charge in [0.1, 0.15) is 0 Å². The second kappa shape index (κ2) is 7.25. The lowest BCUT2D eigenvalue weighted by Gasteiger charge is -2.35. The number of aliphatic carboxylic acids is 1. The lowest BCUT2D eigenvalue weighted by atomic mass is 9.84. The summed E-state index contributed by atoms with van der Waals surface area (Å²) in [6.07, 6.45) is 4.14. The average Bonchev–Trinajstić information content (AvgIpc) is 2.32. The molecule has 1 atom stereocenters. The van der Waals surface area contributed by atoms with Crippen LogP contribution in [0.25, 0.3) is 0 Å². The topological polar surface area (TPSA) is 43.8 Å². The van der Waals surface area contributed by atoms with Crippen LogP contribution < -0.4 is 0 Å². The number of carboxylic acid groups (broad SMARTS) is 1. The number of likely N-dealkylation sites (tertiary alicyclic amines) is 1. The number of piperidine rings is 1. The SMILES string of the molecule is CCCC(C)(CN(C)CC1CCN(C)CC1)C(=O)O. The fourth-order valence-electron chi connectivity index (χ4n) is 3.15. The minimum atomic E-state index is -0.662. The van der Waals surface area contributed by atoms with Gasteiger partial charge in [-0.1, -0.05) is 13.3 Å². The Morgan fingerprint density at radius 1 is 1.42 bits per heavy atom. The molecule has 4 heteroatoms. The average molecular weight is 270 g/mol. The van der Waals surface area contributed by atoms with Crippen LogP contribution in [0.4, 0.5) is 0 Å². The summed E-state index contributed by atoms with van der Waals surface area (Å²) in [6, 6.07) is 0. The van der Waals surface area contributed by atoms with E-state index < -0.39 is 11.4 Å². The van der Waals surface area contributed by atoms with Crippen molar-refractivity contribution in [2.24, 2.45) is 11.3 Å². The number of hydrogen-bond acceptors (Lipinski definition) is 3. The Hall–Kier alpha value is -0.610. The van der Waals surface area contributed by atoms with Crippen molar-refractivity contribution < 1.29 is 9.90 Å². The Labute approximate surface area is 117 Å². The summed E-state index contributed by atoms with van der Waals surface area (Å²) in [5, 5.41) is 9.42. The molecule has 1 saturated heterocycles. The standard InChI is InChI=1S/C15H30N2O2/c1-5-8-15(2,14(18)19)12-17(4)11-13-6-9-16(3)10-7-13/h13H,5-12H2,1-4H3,(H,18,19). The largest absolute Gasteiger partial charge is 0.481 e. The van der Waals surface area contributed by atoms with E-state index in [1.807, 2.05) is 6.92 Å². The van der Waals surface area contributed by atoms with Crippen LogP contribution in [0.5, 0.6) is 0 Å². The summed E-state index contributed by atoms with van der Waals surface area (Å²) in [4.78, 5) is 16.0. The van der Waals surface area contributed by atoms with Gasteiger partial charge in [0.05, 0.1) is 5.41 Å². The molecule has 1 heterocycles. The first-order valence-corrected chi connectivity index (χ1v) is 7.48. The predicted molar refractivity (Wildman–Crippen MR) is 78.4 cm³/mol. The summed E-state index contributed by atoms with van der Waals surface area (Å²) in [7, 11) is 4.23. The summed E-state index contributed by atoms with van der Waals surface area (Å²) in [6.45, 7) is 7.96. The van der Waals surface area contributed by atoms with Gasteiger partial charge >= 0.3 is 5.97 Å². The van der Waals surface area contributed by atoms with Gasteiger partial charge in [0.15, 0.2) is 0 Å². The predicted octanol–water partition coefficient (Wildman–Crippen LogP) is 2.15. The molecule has 0 spiro atoms. The van der Waals surface area contributed by atoms with Crippen LogP contribution in [0.15, 0.2) is 0 Å². The van der Waals surface area contributed by atoms with Gasteiger partial charge in [-0.15, -0.1) is 0 Å². The molecule has 0 aromatic carbocycles. The van der Waals surface area contributed by atoms with Crippen molar-refractivity contribution in [3.8, 4) is 0 Å². The van der Waals surface area contributed by atoms with Gasteiger partial charge in [0.25, 0.3) is 0 Å². The minimum absolute atomic E-state index is 0.602. The van der Waals surface area contributed by atoms with E-state index in [-0.39, 0.29) is 0 Å². The van der Waals surface area contributed by atoms with E-state index in [0.717, 1.165) is 25.3 Å². The highest BCUT2D eigenvalue weighted by Gasteiger charge is 2.33. The van der Waals surface area contributed by atoms with Crippen LogP contribution in [0.2, 0.25) is 0 Å². The van der Waals surface area contributed by atoms with Crippen LogP contribution in [-0.4, -0.2) is 61.2 Å². The van der Waals surface area contributed by atoms with E-state index in [9.17, 15) is 9.90 Å². The van der Waals surface area contributed by atoms with E-state index in [2.05, 4.69) is 30.8 Å². The highest BCUT2D eigenvalue weighted by molar-refractivity contribution is 5.74. The number of rotatable bonds is 7. The van der Waals surface area contributed by atoms with Crippen LogP contribution >= 0.6 is 0 Å². The normalized spacial score (nSPS) is 21.5. The molecular formula is C15H30N2O2. The number of carboxylic acids is 1. The fraction of sp³-hybridized carbons (Fsp3) is 0.933. The minimum Gasteiger partial charge on any atom is -0.481 e. The molecule has 0 aromatic rings. The molecular weight excluding hydrogens is 240 g/mol. The maximum atomic E-state index is 11.4. The monoisotopic (exact) mass is 270 g/mol. The highest BCUT2D eigenvalue weighted by Crippen LogP contribution is 2.26. The fourth-order valence-corrected chi connectivity index (χ4v) is 3.15. The summed E-state index contributed by atoms with van der Waals surface area (Å²) >= 11 is 0. The van der Waals surface area contributed by atoms with Gasteiger partial charge in [-0.3, -0.25) is 4.79 Å². The Kier molecular flexibility index (Phi) is 6.27. The van der Waals surface area contributed by atoms with Gasteiger partial charge in [-0.25, -0.2) is 0 Å². The van der Waals surface area contributed by atoms with Crippen molar-refractivity contribution in [3.63, 3.8) is 0 Å². The molecule has 0 aliphatic carbocycles. The first-order valence-electron chi connectivity index (χ1n) is 7.48. The third-order valence-electron chi connectivity index (χ3n) is 4.34. The quantitative estimate of drug-likeness (QED) is 0.770. The van der Waals surface area contributed by atoms with Gasteiger partial charge in [0.2, 0.25) is 0 Å². The molecule has 1 aliphatic rings. The van der Waals surface area contributed by atoms with Gasteiger partial charge in [-0.2, -0.15) is 0 Å². The molecule has 0 saturated carbocycles. The van der Waals surface area contributed by atoms with Gasteiger partial charge < -0.3 is 14.9 Å². The molecule has 0 amide bonds. The molecule has 1 aliphatic heterocycles. The van der Waals surface area contributed by atoms with Crippen LogP contribution in [-0.2, 0) is 4.79 Å². The van der Waals surface area contributed by atoms with Crippen molar-refractivity contribution >= 4 is 5.97 Å². The molecule has 0 bridgehead atoms.